The molecule has 2 rings (SSSR count). The highest BCUT2D eigenvalue weighted by Gasteiger charge is 2.42. The summed E-state index contributed by atoms with van der Waals surface area (Å²) >= 11 is 3.34. The topological polar surface area (TPSA) is 95.9 Å². The van der Waals surface area contributed by atoms with E-state index < -0.39 is 18.3 Å². The Balaban J connectivity index is 1.96. The number of aliphatic hydroxyl groups is 2. The lowest BCUT2D eigenvalue weighted by Crippen LogP contribution is -2.25. The van der Waals surface area contributed by atoms with Gasteiger partial charge in [0.05, 0.1) is 12.2 Å². The number of unbranched alkanes of at least 4 members (excludes halogenated alkanes) is 1. The van der Waals surface area contributed by atoms with Crippen molar-refractivity contribution in [1.82, 2.24) is 5.32 Å². The maximum absolute atomic E-state index is 12.3. The second-order valence-corrected chi connectivity index (χ2v) is 10.2. The van der Waals surface area contributed by atoms with E-state index in [-0.39, 0.29) is 23.7 Å². The van der Waals surface area contributed by atoms with E-state index in [4.69, 9.17) is 4.74 Å². The second-order valence-electron chi connectivity index (χ2n) is 9.39. The SMILES string of the molecule is CCNC(=O)CCCC=CCC1C(O)CC(OC(=O)CCCBr)C1C=C[C@@H](O)CCc1ccccc1. The van der Waals surface area contributed by atoms with Crippen LogP contribution in [0.5, 0.6) is 0 Å². The van der Waals surface area contributed by atoms with Gasteiger partial charge in [-0.25, -0.2) is 0 Å². The zero-order valence-electron chi connectivity index (χ0n) is 21.4. The smallest absolute Gasteiger partial charge is 0.306 e. The lowest BCUT2D eigenvalue weighted by atomic mass is 9.89. The summed E-state index contributed by atoms with van der Waals surface area (Å²) in [5.74, 6) is -0.454. The number of carbonyl (C=O) groups is 2. The third kappa shape index (κ3) is 11.4. The third-order valence-corrected chi connectivity index (χ3v) is 7.10. The molecule has 0 aromatic heterocycles. The number of allylic oxidation sites excluding steroid dienone is 2. The molecular weight excluding hydrogens is 522 g/mol. The van der Waals surface area contributed by atoms with Crippen LogP contribution in [0.25, 0.3) is 0 Å². The fourth-order valence-corrected chi connectivity index (χ4v) is 4.88. The average Bonchev–Trinajstić information content (AvgIpc) is 3.16. The van der Waals surface area contributed by atoms with Crippen LogP contribution in [0.1, 0.15) is 63.9 Å². The molecule has 0 radical (unpaired) electrons. The van der Waals surface area contributed by atoms with Crippen LogP contribution in [-0.2, 0) is 20.7 Å². The number of benzene rings is 1. The molecule has 5 atom stereocenters. The van der Waals surface area contributed by atoms with Gasteiger partial charge >= 0.3 is 5.97 Å². The van der Waals surface area contributed by atoms with E-state index in [1.54, 1.807) is 6.08 Å². The summed E-state index contributed by atoms with van der Waals surface area (Å²) in [6.45, 7) is 2.55. The summed E-state index contributed by atoms with van der Waals surface area (Å²) in [7, 11) is 0. The predicted molar refractivity (Wildman–Crippen MR) is 147 cm³/mol. The number of halogens is 1. The number of esters is 1. The molecular formula is C29H42BrNO5. The first kappa shape index (κ1) is 30.3. The highest BCUT2D eigenvalue weighted by atomic mass is 79.9. The van der Waals surface area contributed by atoms with Crippen molar-refractivity contribution in [3.8, 4) is 0 Å². The molecule has 0 saturated heterocycles. The molecule has 1 aliphatic carbocycles. The highest BCUT2D eigenvalue weighted by molar-refractivity contribution is 9.09. The number of nitrogens with one attached hydrogen (secondary N) is 1. The Kier molecular flexibility index (Phi) is 14.7. The molecule has 1 saturated carbocycles. The quantitative estimate of drug-likeness (QED) is 0.115. The summed E-state index contributed by atoms with van der Waals surface area (Å²) in [6, 6.07) is 10.0. The summed E-state index contributed by atoms with van der Waals surface area (Å²) in [6.07, 6.45) is 11.7. The van der Waals surface area contributed by atoms with Gasteiger partial charge in [-0.2, -0.15) is 0 Å². The fourth-order valence-electron chi connectivity index (χ4n) is 4.60. The Labute approximate surface area is 224 Å². The Morgan fingerprint density at radius 3 is 2.69 bits per heavy atom. The second kappa shape index (κ2) is 17.5. The van der Waals surface area contributed by atoms with Crippen LogP contribution in [0.15, 0.2) is 54.6 Å². The molecule has 1 fully saturated rings. The summed E-state index contributed by atoms with van der Waals surface area (Å²) in [5.41, 5.74) is 1.18. The monoisotopic (exact) mass is 563 g/mol. The number of rotatable bonds is 16. The number of aliphatic hydroxyl groups excluding tert-OH is 2. The largest absolute Gasteiger partial charge is 0.462 e. The fraction of sp³-hybridized carbons (Fsp3) is 0.586. The zero-order valence-corrected chi connectivity index (χ0v) is 22.9. The molecule has 7 heteroatoms. The zero-order chi connectivity index (χ0) is 26.2. The number of aryl methyl sites for hydroxylation is 1. The van der Waals surface area contributed by atoms with Gasteiger partial charge in [-0.15, -0.1) is 0 Å². The van der Waals surface area contributed by atoms with Crippen molar-refractivity contribution in [2.45, 2.75) is 83.0 Å². The van der Waals surface area contributed by atoms with Gasteiger partial charge in [0, 0.05) is 37.1 Å². The molecule has 1 amide bonds. The van der Waals surface area contributed by atoms with Gasteiger partial charge in [0.15, 0.2) is 0 Å². The first-order chi connectivity index (χ1) is 17.4. The van der Waals surface area contributed by atoms with Gasteiger partial charge < -0.3 is 20.3 Å². The molecule has 200 valence electrons. The van der Waals surface area contributed by atoms with Crippen LogP contribution in [0.3, 0.4) is 0 Å². The van der Waals surface area contributed by atoms with E-state index in [1.165, 1.54) is 5.56 Å². The molecule has 0 spiro atoms. The number of ether oxygens (including phenoxy) is 1. The number of carbonyl (C=O) groups excluding carboxylic acids is 2. The first-order valence-corrected chi connectivity index (χ1v) is 14.3. The molecule has 0 bridgehead atoms. The minimum atomic E-state index is -0.613. The maximum atomic E-state index is 12.3. The Morgan fingerprint density at radius 2 is 1.97 bits per heavy atom. The van der Waals surface area contributed by atoms with Crippen LogP contribution in [0.2, 0.25) is 0 Å². The van der Waals surface area contributed by atoms with Crippen molar-refractivity contribution in [3.63, 3.8) is 0 Å². The molecule has 3 N–H and O–H groups in total. The highest BCUT2D eigenvalue weighted by Crippen LogP contribution is 2.38. The average molecular weight is 565 g/mol. The van der Waals surface area contributed by atoms with Crippen molar-refractivity contribution in [3.05, 3.63) is 60.2 Å². The van der Waals surface area contributed by atoms with Gasteiger partial charge in [-0.05, 0) is 56.9 Å². The van der Waals surface area contributed by atoms with Crippen LogP contribution >= 0.6 is 15.9 Å². The van der Waals surface area contributed by atoms with Gasteiger partial charge in [0.1, 0.15) is 6.10 Å². The molecule has 0 aliphatic heterocycles. The number of hydrogen-bond acceptors (Lipinski definition) is 5. The summed E-state index contributed by atoms with van der Waals surface area (Å²) < 4.78 is 5.76. The molecule has 1 aromatic carbocycles. The van der Waals surface area contributed by atoms with Crippen molar-refractivity contribution in [1.29, 1.82) is 0 Å². The van der Waals surface area contributed by atoms with Gasteiger partial charge in [0.25, 0.3) is 0 Å². The molecule has 1 aliphatic rings. The minimum Gasteiger partial charge on any atom is -0.462 e. The van der Waals surface area contributed by atoms with Crippen LogP contribution in [0.4, 0.5) is 0 Å². The third-order valence-electron chi connectivity index (χ3n) is 6.54. The van der Waals surface area contributed by atoms with Gasteiger partial charge in [-0.1, -0.05) is 70.6 Å². The Hall–Kier alpha value is -1.96. The Morgan fingerprint density at radius 1 is 1.19 bits per heavy atom. The van der Waals surface area contributed by atoms with Crippen molar-refractivity contribution in [2.75, 3.05) is 11.9 Å². The van der Waals surface area contributed by atoms with E-state index >= 15 is 0 Å². The lowest BCUT2D eigenvalue weighted by Gasteiger charge is -2.22. The van der Waals surface area contributed by atoms with E-state index in [9.17, 15) is 19.8 Å². The van der Waals surface area contributed by atoms with E-state index in [1.807, 2.05) is 49.4 Å². The van der Waals surface area contributed by atoms with Crippen LogP contribution < -0.4 is 5.32 Å². The lowest BCUT2D eigenvalue weighted by molar-refractivity contribution is -0.150. The molecule has 36 heavy (non-hydrogen) atoms. The van der Waals surface area contributed by atoms with Crippen molar-refractivity contribution >= 4 is 27.8 Å². The van der Waals surface area contributed by atoms with Crippen LogP contribution in [-0.4, -0.2) is 52.3 Å². The van der Waals surface area contributed by atoms with E-state index in [0.717, 1.165) is 24.6 Å². The molecule has 6 nitrogen and oxygen atoms in total. The summed E-state index contributed by atoms with van der Waals surface area (Å²) in [4.78, 5) is 23.9. The van der Waals surface area contributed by atoms with E-state index in [2.05, 4.69) is 27.3 Å². The Bertz CT molecular complexity index is 828. The van der Waals surface area contributed by atoms with Crippen molar-refractivity contribution < 1.29 is 24.5 Å². The maximum Gasteiger partial charge on any atom is 0.306 e. The standard InChI is InChI=1S/C29H42BrNO5/c1-2-31-28(34)14-9-4-3-8-13-24-25(27(21-26(24)33)36-29(35)15-10-20-30)19-18-23(32)17-16-22-11-6-5-7-12-22/h3,5-8,11-12,18-19,23-27,32-33H,2,4,9-10,13-17,20-21H2,1H3,(H,31,34)/t23-,24?,25?,26?,27?/m0/s1. The number of hydrogen-bond donors (Lipinski definition) is 3. The van der Waals surface area contributed by atoms with Crippen LogP contribution in [0, 0.1) is 11.8 Å². The number of alkyl halides is 1. The predicted octanol–water partition coefficient (Wildman–Crippen LogP) is 4.87. The minimum absolute atomic E-state index is 0.0673. The molecule has 0 heterocycles. The van der Waals surface area contributed by atoms with Gasteiger partial charge in [0.2, 0.25) is 5.91 Å². The van der Waals surface area contributed by atoms with Gasteiger partial charge in [-0.3, -0.25) is 9.59 Å². The van der Waals surface area contributed by atoms with Crippen molar-refractivity contribution in [2.24, 2.45) is 11.8 Å². The number of amides is 1. The summed E-state index contributed by atoms with van der Waals surface area (Å²) in [5, 5.41) is 24.9. The van der Waals surface area contributed by atoms with E-state index in [0.29, 0.717) is 45.1 Å². The normalized spacial score (nSPS) is 22.8. The first-order valence-electron chi connectivity index (χ1n) is 13.2. The molecule has 4 unspecified atom stereocenters. The molecule has 1 aromatic rings.